The number of aromatic nitrogens is 6. The lowest BCUT2D eigenvalue weighted by Gasteiger charge is -2.38. The fourth-order valence-electron chi connectivity index (χ4n) is 8.40. The van der Waals surface area contributed by atoms with Crippen LogP contribution in [0.1, 0.15) is 80.9 Å². The smallest absolute Gasteiger partial charge is 0.281 e. The summed E-state index contributed by atoms with van der Waals surface area (Å²) in [6.07, 6.45) is 8.53. The maximum atomic E-state index is 13.2. The molecule has 0 radical (unpaired) electrons. The van der Waals surface area contributed by atoms with Crippen LogP contribution in [-0.2, 0) is 29.2 Å². The summed E-state index contributed by atoms with van der Waals surface area (Å²) < 4.78 is 4.61. The van der Waals surface area contributed by atoms with Crippen LogP contribution in [0.25, 0.3) is 16.9 Å². The van der Waals surface area contributed by atoms with Gasteiger partial charge in [-0.05, 0) is 66.3 Å². The number of carbonyl (C=O) groups is 2. The first-order chi connectivity index (χ1) is 30.3. The Bertz CT molecular complexity index is 2580. The Morgan fingerprint density at radius 2 is 1.17 bits per heavy atom. The summed E-state index contributed by atoms with van der Waals surface area (Å²) in [6, 6.07) is 29.1. The van der Waals surface area contributed by atoms with E-state index < -0.39 is 11.2 Å². The molecule has 2 atom stereocenters. The van der Waals surface area contributed by atoms with E-state index in [0.717, 1.165) is 22.4 Å². The van der Waals surface area contributed by atoms with Gasteiger partial charge in [0.05, 0.1) is 30.6 Å². The van der Waals surface area contributed by atoms with Crippen molar-refractivity contribution in [1.82, 2.24) is 38.5 Å². The zero-order valence-electron chi connectivity index (χ0n) is 36.0. The number of fused-ring (bicyclic) bond motifs is 1. The van der Waals surface area contributed by atoms with Gasteiger partial charge in [-0.15, -0.1) is 0 Å². The third-order valence-electron chi connectivity index (χ3n) is 12.5. The molecule has 0 unspecified atom stereocenters. The Morgan fingerprint density at radius 1 is 0.667 bits per heavy atom. The molecule has 4 N–H and O–H groups in total. The van der Waals surface area contributed by atoms with Crippen molar-refractivity contribution >= 4 is 23.0 Å². The monoisotopic (exact) mass is 855 g/mol. The zero-order valence-corrected chi connectivity index (χ0v) is 36.0. The van der Waals surface area contributed by atoms with Crippen LogP contribution in [0.5, 0.6) is 0 Å². The van der Waals surface area contributed by atoms with Crippen LogP contribution >= 0.6 is 0 Å². The van der Waals surface area contributed by atoms with Gasteiger partial charge in [0.25, 0.3) is 11.1 Å². The SMILES string of the molecule is C[C@H](CC(=O)N1CCC(O)(Cn2cnc3c(ncn3-c3ccc(CN)cc3)c2=O)CC1)c1ccccc1.C[C@H](CC(=O)N1CCC(O)(Cn2cnccc2=O)CC1)c1ccccc1. The minimum atomic E-state index is -1.10. The summed E-state index contributed by atoms with van der Waals surface area (Å²) in [5.41, 5.74) is 7.98. The van der Waals surface area contributed by atoms with Gasteiger partial charge in [-0.2, -0.15) is 0 Å². The van der Waals surface area contributed by atoms with Gasteiger partial charge in [-0.3, -0.25) is 32.9 Å². The minimum absolute atomic E-state index is 0.0868. The van der Waals surface area contributed by atoms with Crippen LogP contribution in [0.15, 0.2) is 126 Å². The van der Waals surface area contributed by atoms with Crippen molar-refractivity contribution in [3.8, 4) is 5.69 Å². The molecule has 15 heteroatoms. The van der Waals surface area contributed by atoms with E-state index in [-0.39, 0.29) is 53.4 Å². The fourth-order valence-corrected chi connectivity index (χ4v) is 8.40. The molecule has 6 aromatic rings. The molecular formula is C48H57N9O6. The van der Waals surface area contributed by atoms with E-state index in [1.54, 1.807) is 10.9 Å². The Labute approximate surface area is 366 Å². The second kappa shape index (κ2) is 19.8. The topological polar surface area (TPSA) is 195 Å². The number of rotatable bonds is 12. The van der Waals surface area contributed by atoms with Crippen molar-refractivity contribution in [3.63, 3.8) is 0 Å². The van der Waals surface area contributed by atoms with Crippen LogP contribution in [0.4, 0.5) is 0 Å². The highest BCUT2D eigenvalue weighted by molar-refractivity contribution is 5.78. The number of likely N-dealkylation sites (tertiary alicyclic amines) is 2. The quantitative estimate of drug-likeness (QED) is 0.159. The standard InChI is InChI=1S/C28H32N6O3.C20H25N3O3/c1-20(22-5-3-2-4-6-22)15-24(35)32-13-11-28(37,12-14-32)17-33-18-31-26-25(27(33)36)30-19-34(26)23-9-7-21(16-29)8-10-23;1-16(17-5-3-2-4-6-17)13-19(25)22-11-8-20(26,9-12-22)14-23-15-21-10-7-18(23)24/h2-10,18-20,37H,11-17,29H2,1H3;2-7,10,15-16,26H,8-9,11-14H2,1H3/t20-;16-/m11/s1. The number of nitrogens with zero attached hydrogens (tertiary/aromatic N) is 8. The van der Waals surface area contributed by atoms with Gasteiger partial charge in [-0.25, -0.2) is 15.0 Å². The molecule has 2 amide bonds. The number of imidazole rings is 1. The van der Waals surface area contributed by atoms with Crippen LogP contribution < -0.4 is 16.9 Å². The normalized spacial score (nSPS) is 16.8. The van der Waals surface area contributed by atoms with Crippen LogP contribution in [0.3, 0.4) is 0 Å². The summed E-state index contributed by atoms with van der Waals surface area (Å²) in [4.78, 5) is 66.8. The Morgan fingerprint density at radius 3 is 1.67 bits per heavy atom. The highest BCUT2D eigenvalue weighted by Gasteiger charge is 2.36. The molecule has 15 nitrogen and oxygen atoms in total. The highest BCUT2D eigenvalue weighted by atomic mass is 16.3. The van der Waals surface area contributed by atoms with E-state index in [0.29, 0.717) is 76.9 Å². The number of aliphatic hydroxyl groups is 2. The van der Waals surface area contributed by atoms with Crippen molar-refractivity contribution in [2.24, 2.45) is 5.73 Å². The number of hydrogen-bond donors (Lipinski definition) is 3. The van der Waals surface area contributed by atoms with Gasteiger partial charge in [-0.1, -0.05) is 86.6 Å². The number of carbonyl (C=O) groups excluding carboxylic acids is 2. The molecule has 2 fully saturated rings. The molecule has 2 saturated heterocycles. The van der Waals surface area contributed by atoms with Gasteiger partial charge >= 0.3 is 0 Å². The van der Waals surface area contributed by atoms with Gasteiger partial charge in [0.15, 0.2) is 11.2 Å². The lowest BCUT2D eigenvalue weighted by Crippen LogP contribution is -2.49. The van der Waals surface area contributed by atoms with Gasteiger partial charge < -0.3 is 25.7 Å². The Hall–Kier alpha value is -6.29. The van der Waals surface area contributed by atoms with Gasteiger partial charge in [0.2, 0.25) is 11.8 Å². The number of nitrogens with two attached hydrogens (primary N) is 1. The third kappa shape index (κ3) is 11.0. The predicted molar refractivity (Wildman–Crippen MR) is 240 cm³/mol. The molecule has 3 aromatic heterocycles. The first-order valence-electron chi connectivity index (χ1n) is 21.7. The molecule has 2 aliphatic heterocycles. The third-order valence-corrected chi connectivity index (χ3v) is 12.5. The average Bonchev–Trinajstić information content (AvgIpc) is 3.74. The van der Waals surface area contributed by atoms with E-state index in [1.165, 1.54) is 34.1 Å². The van der Waals surface area contributed by atoms with E-state index in [9.17, 15) is 29.4 Å². The molecule has 0 spiro atoms. The molecule has 5 heterocycles. The molecule has 0 saturated carbocycles. The molecular weight excluding hydrogens is 799 g/mol. The molecule has 63 heavy (non-hydrogen) atoms. The zero-order chi connectivity index (χ0) is 44.6. The van der Waals surface area contributed by atoms with Gasteiger partial charge in [0.1, 0.15) is 12.7 Å². The van der Waals surface area contributed by atoms with Crippen molar-refractivity contribution < 1.29 is 19.8 Å². The van der Waals surface area contributed by atoms with Crippen molar-refractivity contribution in [1.29, 1.82) is 0 Å². The second-order valence-electron chi connectivity index (χ2n) is 17.1. The molecule has 0 bridgehead atoms. The summed E-state index contributed by atoms with van der Waals surface area (Å²) in [5, 5.41) is 22.0. The van der Waals surface area contributed by atoms with Crippen molar-refractivity contribution in [2.75, 3.05) is 26.2 Å². The lowest BCUT2D eigenvalue weighted by atomic mass is 9.90. The Kier molecular flexibility index (Phi) is 14.1. The number of hydrogen-bond acceptors (Lipinski definition) is 10. The average molecular weight is 856 g/mol. The van der Waals surface area contributed by atoms with E-state index in [1.807, 2.05) is 94.7 Å². The maximum Gasteiger partial charge on any atom is 0.281 e. The summed E-state index contributed by atoms with van der Waals surface area (Å²) >= 11 is 0. The second-order valence-corrected chi connectivity index (χ2v) is 17.1. The van der Waals surface area contributed by atoms with Crippen LogP contribution in [-0.4, -0.2) is 97.9 Å². The summed E-state index contributed by atoms with van der Waals surface area (Å²) in [6.45, 7) is 6.80. The van der Waals surface area contributed by atoms with Crippen molar-refractivity contribution in [3.05, 3.63) is 154 Å². The van der Waals surface area contributed by atoms with E-state index in [2.05, 4.69) is 28.8 Å². The first kappa shape index (κ1) is 44.8. The van der Waals surface area contributed by atoms with Crippen molar-refractivity contribution in [2.45, 2.75) is 95.0 Å². The molecule has 2 aliphatic rings. The Balaban J connectivity index is 0.000000201. The maximum absolute atomic E-state index is 13.2. The molecule has 0 aliphatic carbocycles. The minimum Gasteiger partial charge on any atom is -0.388 e. The first-order valence-corrected chi connectivity index (χ1v) is 21.7. The predicted octanol–water partition coefficient (Wildman–Crippen LogP) is 4.38. The number of amides is 2. The highest BCUT2D eigenvalue weighted by Crippen LogP contribution is 2.28. The number of piperidine rings is 2. The van der Waals surface area contributed by atoms with Crippen LogP contribution in [0, 0.1) is 0 Å². The molecule has 8 rings (SSSR count). The molecule has 3 aromatic carbocycles. The lowest BCUT2D eigenvalue weighted by molar-refractivity contribution is -0.137. The fraction of sp³-hybridized carbons (Fsp3) is 0.396. The largest absolute Gasteiger partial charge is 0.388 e. The van der Waals surface area contributed by atoms with E-state index >= 15 is 0 Å². The summed E-state index contributed by atoms with van der Waals surface area (Å²) in [7, 11) is 0. The van der Waals surface area contributed by atoms with E-state index in [4.69, 9.17) is 5.73 Å². The number of benzene rings is 3. The van der Waals surface area contributed by atoms with Gasteiger partial charge in [0, 0.05) is 63.5 Å². The van der Waals surface area contributed by atoms with Crippen LogP contribution in [0.2, 0.25) is 0 Å². The molecule has 330 valence electrons. The summed E-state index contributed by atoms with van der Waals surface area (Å²) in [5.74, 6) is 0.494.